The number of nitrogens with one attached hydrogen (secondary N) is 2. The summed E-state index contributed by atoms with van der Waals surface area (Å²) in [5, 5.41) is 7.14. The van der Waals surface area contributed by atoms with Crippen LogP contribution in [0.15, 0.2) is 71.8 Å². The first kappa shape index (κ1) is 16.5. The minimum absolute atomic E-state index is 0.152. The molecule has 0 fully saturated rings. The minimum Gasteiger partial charge on any atom is -0.374 e. The molecule has 0 saturated heterocycles. The maximum Gasteiger partial charge on any atom is 0.262 e. The van der Waals surface area contributed by atoms with E-state index in [0.29, 0.717) is 6.42 Å². The summed E-state index contributed by atoms with van der Waals surface area (Å²) >= 11 is 0. The topological polar surface area (TPSA) is 53.5 Å². The average Bonchev–Trinajstić information content (AvgIpc) is 2.61. The quantitative estimate of drug-likeness (QED) is 0.605. The highest BCUT2D eigenvalue weighted by Gasteiger charge is 2.14. The lowest BCUT2D eigenvalue weighted by atomic mass is 10.2. The first-order valence-corrected chi connectivity index (χ1v) is 7.66. The number of benzene rings is 2. The van der Waals surface area contributed by atoms with Crippen molar-refractivity contribution in [1.82, 2.24) is 5.43 Å². The van der Waals surface area contributed by atoms with Gasteiger partial charge < -0.3 is 5.32 Å². The Kier molecular flexibility index (Phi) is 6.60. The van der Waals surface area contributed by atoms with Gasteiger partial charge in [0.05, 0.1) is 0 Å². The molecule has 0 heterocycles. The second-order valence-corrected chi connectivity index (χ2v) is 5.00. The highest BCUT2D eigenvalue weighted by Crippen LogP contribution is 2.08. The Morgan fingerprint density at radius 2 is 1.74 bits per heavy atom. The molecular formula is C19H21N3O. The zero-order valence-corrected chi connectivity index (χ0v) is 13.1. The van der Waals surface area contributed by atoms with Gasteiger partial charge in [0.25, 0.3) is 5.91 Å². The number of hydrazone groups is 1. The molecule has 0 saturated carbocycles. The number of amides is 1. The Labute approximate surface area is 136 Å². The van der Waals surface area contributed by atoms with Crippen molar-refractivity contribution in [3.05, 3.63) is 72.3 Å². The van der Waals surface area contributed by atoms with Gasteiger partial charge in [-0.3, -0.25) is 4.79 Å². The zero-order valence-electron chi connectivity index (χ0n) is 13.1. The lowest BCUT2D eigenvalue weighted by Crippen LogP contribution is -2.36. The van der Waals surface area contributed by atoms with Gasteiger partial charge in [0.1, 0.15) is 6.04 Å². The second-order valence-electron chi connectivity index (χ2n) is 5.00. The summed E-state index contributed by atoms with van der Waals surface area (Å²) < 4.78 is 0. The van der Waals surface area contributed by atoms with Gasteiger partial charge in [-0.05, 0) is 30.2 Å². The van der Waals surface area contributed by atoms with Crippen molar-refractivity contribution < 1.29 is 4.79 Å². The van der Waals surface area contributed by atoms with Gasteiger partial charge in [-0.25, -0.2) is 5.43 Å². The number of hydrogen-bond donors (Lipinski definition) is 2. The lowest BCUT2D eigenvalue weighted by molar-refractivity contribution is -0.121. The van der Waals surface area contributed by atoms with Crippen molar-refractivity contribution in [2.24, 2.45) is 5.10 Å². The fourth-order valence-electron chi connectivity index (χ4n) is 2.03. The maximum atomic E-state index is 12.1. The number of hydrogen-bond acceptors (Lipinski definition) is 3. The van der Waals surface area contributed by atoms with E-state index in [0.717, 1.165) is 11.3 Å². The molecule has 0 radical (unpaired) electrons. The number of para-hydroxylation sites is 1. The van der Waals surface area contributed by atoms with Gasteiger partial charge in [-0.1, -0.05) is 61.5 Å². The molecule has 0 aliphatic carbocycles. The molecule has 2 N–H and O–H groups in total. The van der Waals surface area contributed by atoms with Crippen LogP contribution in [0, 0.1) is 0 Å². The highest BCUT2D eigenvalue weighted by molar-refractivity contribution is 5.86. The molecule has 2 rings (SSSR count). The Morgan fingerprint density at radius 1 is 1.09 bits per heavy atom. The van der Waals surface area contributed by atoms with Crippen LogP contribution < -0.4 is 10.7 Å². The fraction of sp³-hybridized carbons (Fsp3) is 0.158. The van der Waals surface area contributed by atoms with Crippen LogP contribution in [0.3, 0.4) is 0 Å². The van der Waals surface area contributed by atoms with Crippen LogP contribution >= 0.6 is 0 Å². The molecule has 2 aromatic carbocycles. The molecule has 0 unspecified atom stereocenters. The van der Waals surface area contributed by atoms with Gasteiger partial charge in [-0.15, -0.1) is 0 Å². The Balaban J connectivity index is 1.82. The largest absolute Gasteiger partial charge is 0.374 e. The number of anilines is 1. The van der Waals surface area contributed by atoms with E-state index in [4.69, 9.17) is 0 Å². The van der Waals surface area contributed by atoms with Crippen molar-refractivity contribution in [2.75, 3.05) is 5.32 Å². The van der Waals surface area contributed by atoms with E-state index in [1.807, 2.05) is 73.7 Å². The monoisotopic (exact) mass is 307 g/mol. The van der Waals surface area contributed by atoms with Gasteiger partial charge >= 0.3 is 0 Å². The fourth-order valence-corrected chi connectivity index (χ4v) is 2.03. The van der Waals surface area contributed by atoms with E-state index in [2.05, 4.69) is 15.8 Å². The molecule has 2 aromatic rings. The summed E-state index contributed by atoms with van der Waals surface area (Å²) in [6.07, 6.45) is 5.96. The molecule has 0 aromatic heterocycles. The SMILES string of the molecule is CC[C@H](Nc1ccccc1)C(=O)N/N=C\C=C\c1ccccc1. The Morgan fingerprint density at radius 3 is 2.39 bits per heavy atom. The first-order chi connectivity index (χ1) is 11.3. The summed E-state index contributed by atoms with van der Waals surface area (Å²) in [6.45, 7) is 1.96. The van der Waals surface area contributed by atoms with Crippen LogP contribution in [0.4, 0.5) is 5.69 Å². The maximum absolute atomic E-state index is 12.1. The third kappa shape index (κ3) is 5.79. The number of allylic oxidation sites excluding steroid dienone is 1. The lowest BCUT2D eigenvalue weighted by Gasteiger charge is -2.16. The molecule has 0 bridgehead atoms. The number of carbonyl (C=O) groups excluding carboxylic acids is 1. The molecule has 1 amide bonds. The summed E-state index contributed by atoms with van der Waals surface area (Å²) in [6, 6.07) is 19.3. The van der Waals surface area contributed by atoms with Crippen LogP contribution in [0.2, 0.25) is 0 Å². The number of nitrogens with zero attached hydrogens (tertiary/aromatic N) is 1. The smallest absolute Gasteiger partial charge is 0.262 e. The molecule has 0 aliphatic heterocycles. The van der Waals surface area contributed by atoms with E-state index in [-0.39, 0.29) is 11.9 Å². The van der Waals surface area contributed by atoms with Gasteiger partial charge in [0.15, 0.2) is 0 Å². The normalized spacial score (nSPS) is 12.4. The number of carbonyl (C=O) groups is 1. The van der Waals surface area contributed by atoms with Crippen molar-refractivity contribution in [1.29, 1.82) is 0 Å². The van der Waals surface area contributed by atoms with Gasteiger partial charge in [-0.2, -0.15) is 5.10 Å². The zero-order chi connectivity index (χ0) is 16.3. The molecule has 0 aliphatic rings. The van der Waals surface area contributed by atoms with Crippen LogP contribution in [-0.4, -0.2) is 18.2 Å². The Bertz CT molecular complexity index is 651. The molecule has 4 nitrogen and oxygen atoms in total. The summed E-state index contributed by atoms with van der Waals surface area (Å²) in [5.74, 6) is -0.152. The second kappa shape index (κ2) is 9.20. The van der Waals surface area contributed by atoms with E-state index in [1.165, 1.54) is 0 Å². The van der Waals surface area contributed by atoms with Crippen LogP contribution in [0.25, 0.3) is 6.08 Å². The summed E-state index contributed by atoms with van der Waals surface area (Å²) in [5.41, 5.74) is 4.56. The predicted molar refractivity (Wildman–Crippen MR) is 96.3 cm³/mol. The van der Waals surface area contributed by atoms with Crippen molar-refractivity contribution in [3.8, 4) is 0 Å². The molecule has 0 spiro atoms. The van der Waals surface area contributed by atoms with E-state index in [1.54, 1.807) is 12.3 Å². The van der Waals surface area contributed by atoms with Gasteiger partial charge in [0.2, 0.25) is 0 Å². The third-order valence-electron chi connectivity index (χ3n) is 3.26. The molecule has 118 valence electrons. The van der Waals surface area contributed by atoms with E-state index in [9.17, 15) is 4.79 Å². The number of rotatable bonds is 7. The first-order valence-electron chi connectivity index (χ1n) is 7.66. The molecular weight excluding hydrogens is 286 g/mol. The van der Waals surface area contributed by atoms with E-state index < -0.39 is 0 Å². The van der Waals surface area contributed by atoms with Gasteiger partial charge in [0, 0.05) is 11.9 Å². The van der Waals surface area contributed by atoms with Crippen molar-refractivity contribution >= 4 is 23.9 Å². The average molecular weight is 307 g/mol. The third-order valence-corrected chi connectivity index (χ3v) is 3.26. The van der Waals surface area contributed by atoms with Crippen LogP contribution in [0.5, 0.6) is 0 Å². The van der Waals surface area contributed by atoms with Crippen LogP contribution in [-0.2, 0) is 4.79 Å². The minimum atomic E-state index is -0.312. The van der Waals surface area contributed by atoms with E-state index >= 15 is 0 Å². The van der Waals surface area contributed by atoms with Crippen LogP contribution in [0.1, 0.15) is 18.9 Å². The van der Waals surface area contributed by atoms with Crippen molar-refractivity contribution in [3.63, 3.8) is 0 Å². The molecule has 23 heavy (non-hydrogen) atoms. The molecule has 1 atom stereocenters. The predicted octanol–water partition coefficient (Wildman–Crippen LogP) is 3.69. The van der Waals surface area contributed by atoms with Crippen molar-refractivity contribution in [2.45, 2.75) is 19.4 Å². The Hall–Kier alpha value is -2.88. The standard InChI is InChI=1S/C19H21N3O/c1-2-18(21-17-13-7-4-8-14-17)19(23)22-20-15-9-12-16-10-5-3-6-11-16/h3-15,18,21H,2H2,1H3,(H,22,23)/b12-9+,20-15-/t18-/m0/s1. The summed E-state index contributed by atoms with van der Waals surface area (Å²) in [4.78, 5) is 12.1. The molecule has 4 heteroatoms. The summed E-state index contributed by atoms with van der Waals surface area (Å²) in [7, 11) is 0. The highest BCUT2D eigenvalue weighted by atomic mass is 16.2.